The van der Waals surface area contributed by atoms with E-state index in [9.17, 15) is 0 Å². The van der Waals surface area contributed by atoms with Gasteiger partial charge in [0.2, 0.25) is 0 Å². The van der Waals surface area contributed by atoms with E-state index in [1.165, 1.54) is 37.0 Å². The van der Waals surface area contributed by atoms with E-state index in [-0.39, 0.29) is 6.04 Å². The predicted molar refractivity (Wildman–Crippen MR) is 91.1 cm³/mol. The monoisotopic (exact) mass is 333 g/mol. The molecule has 0 aliphatic heterocycles. The van der Waals surface area contributed by atoms with Gasteiger partial charge in [-0.15, -0.1) is 11.3 Å². The summed E-state index contributed by atoms with van der Waals surface area (Å²) >= 11 is 13.8. The van der Waals surface area contributed by atoms with Gasteiger partial charge in [-0.25, -0.2) is 0 Å². The summed E-state index contributed by atoms with van der Waals surface area (Å²) in [4.78, 5) is 0. The third kappa shape index (κ3) is 3.91. The highest BCUT2D eigenvalue weighted by molar-refractivity contribution is 7.20. The highest BCUT2D eigenvalue weighted by atomic mass is 35.5. The Kier molecular flexibility index (Phi) is 5.45. The zero-order valence-corrected chi connectivity index (χ0v) is 15.1. The Labute approximate surface area is 137 Å². The second kappa shape index (κ2) is 6.56. The summed E-state index contributed by atoms with van der Waals surface area (Å²) in [6.07, 6.45) is 5.28. The van der Waals surface area contributed by atoms with Gasteiger partial charge in [0.25, 0.3) is 0 Å². The van der Waals surface area contributed by atoms with Crippen LogP contribution in [-0.2, 0) is 0 Å². The Morgan fingerprint density at radius 1 is 1.25 bits per heavy atom. The van der Waals surface area contributed by atoms with Gasteiger partial charge in [-0.05, 0) is 42.7 Å². The molecule has 114 valence electrons. The molecule has 1 fully saturated rings. The van der Waals surface area contributed by atoms with Crippen molar-refractivity contribution in [1.82, 2.24) is 5.32 Å². The lowest BCUT2D eigenvalue weighted by atomic mass is 9.69. The number of thiophene rings is 1. The summed E-state index contributed by atoms with van der Waals surface area (Å²) in [5.74, 6) is 0.728. The molecule has 2 rings (SSSR count). The van der Waals surface area contributed by atoms with E-state index in [2.05, 4.69) is 33.0 Å². The Morgan fingerprint density at radius 3 is 2.45 bits per heavy atom. The number of rotatable bonds is 3. The summed E-state index contributed by atoms with van der Waals surface area (Å²) in [5.41, 5.74) is 1.49. The first-order valence-electron chi connectivity index (χ1n) is 7.50. The van der Waals surface area contributed by atoms with E-state index in [1.54, 1.807) is 0 Å². The van der Waals surface area contributed by atoms with Crippen LogP contribution in [0.1, 0.15) is 65.0 Å². The molecule has 1 aromatic heterocycles. The van der Waals surface area contributed by atoms with E-state index in [0.717, 1.165) is 20.2 Å². The topological polar surface area (TPSA) is 12.0 Å². The molecule has 0 saturated heterocycles. The standard InChI is InChI=1S/C16H25Cl2NS/c1-10(11-9-14(17)20-15(11)18)19-13-8-6-5-7-12(13)16(2,3)4/h9-10,12-13,19H,5-8H2,1-4H3. The second-order valence-electron chi connectivity index (χ2n) is 7.03. The van der Waals surface area contributed by atoms with Crippen LogP contribution in [0.4, 0.5) is 0 Å². The Bertz CT molecular complexity index is 450. The van der Waals surface area contributed by atoms with E-state index in [1.807, 2.05) is 6.07 Å². The van der Waals surface area contributed by atoms with Crippen molar-refractivity contribution in [3.63, 3.8) is 0 Å². The maximum absolute atomic E-state index is 6.28. The number of nitrogens with one attached hydrogen (secondary N) is 1. The molecule has 0 bridgehead atoms. The van der Waals surface area contributed by atoms with Crippen molar-refractivity contribution in [2.24, 2.45) is 11.3 Å². The Hall–Kier alpha value is 0.240. The third-order valence-corrected chi connectivity index (χ3v) is 6.01. The highest BCUT2D eigenvalue weighted by Crippen LogP contribution is 2.40. The molecule has 1 saturated carbocycles. The SMILES string of the molecule is CC(NC1CCCCC1C(C)(C)C)c1cc(Cl)sc1Cl. The summed E-state index contributed by atoms with van der Waals surface area (Å²) in [6.45, 7) is 9.27. The van der Waals surface area contributed by atoms with Crippen molar-refractivity contribution in [2.75, 3.05) is 0 Å². The lowest BCUT2D eigenvalue weighted by molar-refractivity contribution is 0.124. The van der Waals surface area contributed by atoms with Crippen LogP contribution in [0.3, 0.4) is 0 Å². The smallest absolute Gasteiger partial charge is 0.0991 e. The van der Waals surface area contributed by atoms with Gasteiger partial charge in [-0.1, -0.05) is 56.8 Å². The van der Waals surface area contributed by atoms with Crippen LogP contribution in [0.2, 0.25) is 8.67 Å². The average molecular weight is 334 g/mol. The Morgan fingerprint density at radius 2 is 1.90 bits per heavy atom. The molecule has 4 heteroatoms. The van der Waals surface area contributed by atoms with Crippen LogP contribution in [0.15, 0.2) is 6.07 Å². The zero-order valence-electron chi connectivity index (χ0n) is 12.8. The summed E-state index contributed by atoms with van der Waals surface area (Å²) in [7, 11) is 0. The van der Waals surface area contributed by atoms with E-state index < -0.39 is 0 Å². The average Bonchev–Trinajstić information content (AvgIpc) is 2.68. The van der Waals surface area contributed by atoms with E-state index in [0.29, 0.717) is 11.5 Å². The highest BCUT2D eigenvalue weighted by Gasteiger charge is 2.34. The first kappa shape index (κ1) is 16.6. The Balaban J connectivity index is 2.09. The summed E-state index contributed by atoms with van der Waals surface area (Å²) in [6, 6.07) is 2.84. The molecule has 3 atom stereocenters. The molecule has 0 amide bonds. The molecule has 0 spiro atoms. The normalized spacial score (nSPS) is 25.7. The van der Waals surface area contributed by atoms with Gasteiger partial charge >= 0.3 is 0 Å². The molecule has 1 aromatic rings. The van der Waals surface area contributed by atoms with Gasteiger partial charge < -0.3 is 5.32 Å². The van der Waals surface area contributed by atoms with Crippen LogP contribution < -0.4 is 5.32 Å². The van der Waals surface area contributed by atoms with Gasteiger partial charge in [0.1, 0.15) is 0 Å². The van der Waals surface area contributed by atoms with Gasteiger partial charge in [0, 0.05) is 12.1 Å². The molecular weight excluding hydrogens is 309 g/mol. The van der Waals surface area contributed by atoms with Crippen molar-refractivity contribution in [3.8, 4) is 0 Å². The van der Waals surface area contributed by atoms with Crippen LogP contribution >= 0.6 is 34.5 Å². The minimum Gasteiger partial charge on any atom is -0.307 e. The quantitative estimate of drug-likeness (QED) is 0.683. The van der Waals surface area contributed by atoms with Crippen molar-refractivity contribution in [3.05, 3.63) is 20.3 Å². The predicted octanol–water partition coefficient (Wildman–Crippen LogP) is 6.31. The molecule has 1 nitrogen and oxygen atoms in total. The molecule has 0 aromatic carbocycles. The molecular formula is C16H25Cl2NS. The molecule has 0 radical (unpaired) electrons. The van der Waals surface area contributed by atoms with E-state index >= 15 is 0 Å². The third-order valence-electron chi connectivity index (χ3n) is 4.49. The molecule has 3 unspecified atom stereocenters. The van der Waals surface area contributed by atoms with Crippen molar-refractivity contribution in [1.29, 1.82) is 0 Å². The fourth-order valence-electron chi connectivity index (χ4n) is 3.43. The van der Waals surface area contributed by atoms with Crippen molar-refractivity contribution >= 4 is 34.5 Å². The summed E-state index contributed by atoms with van der Waals surface area (Å²) < 4.78 is 1.59. The summed E-state index contributed by atoms with van der Waals surface area (Å²) in [5, 5.41) is 3.81. The van der Waals surface area contributed by atoms with Crippen LogP contribution in [-0.4, -0.2) is 6.04 Å². The first-order chi connectivity index (χ1) is 9.29. The molecule has 1 N–H and O–H groups in total. The molecule has 1 heterocycles. The second-order valence-corrected chi connectivity index (χ2v) is 9.32. The number of hydrogen-bond acceptors (Lipinski definition) is 2. The van der Waals surface area contributed by atoms with Gasteiger partial charge in [0.05, 0.1) is 8.67 Å². The van der Waals surface area contributed by atoms with Crippen molar-refractivity contribution in [2.45, 2.75) is 65.5 Å². The zero-order chi connectivity index (χ0) is 14.9. The fourth-order valence-corrected chi connectivity index (χ4v) is 5.07. The number of hydrogen-bond donors (Lipinski definition) is 1. The van der Waals surface area contributed by atoms with Gasteiger partial charge in [-0.3, -0.25) is 0 Å². The number of halogens is 2. The van der Waals surface area contributed by atoms with Crippen molar-refractivity contribution < 1.29 is 0 Å². The minimum atomic E-state index is 0.263. The lowest BCUT2D eigenvalue weighted by Gasteiger charge is -2.42. The fraction of sp³-hybridized carbons (Fsp3) is 0.750. The van der Waals surface area contributed by atoms with Crippen LogP contribution in [0, 0.1) is 11.3 Å². The maximum Gasteiger partial charge on any atom is 0.0991 e. The molecule has 1 aliphatic rings. The molecule has 1 aliphatic carbocycles. The largest absolute Gasteiger partial charge is 0.307 e. The first-order valence-corrected chi connectivity index (χ1v) is 9.07. The maximum atomic E-state index is 6.28. The molecule has 20 heavy (non-hydrogen) atoms. The lowest BCUT2D eigenvalue weighted by Crippen LogP contribution is -2.45. The van der Waals surface area contributed by atoms with Gasteiger partial charge in [-0.2, -0.15) is 0 Å². The minimum absolute atomic E-state index is 0.263. The van der Waals surface area contributed by atoms with Gasteiger partial charge in [0.15, 0.2) is 0 Å². The van der Waals surface area contributed by atoms with E-state index in [4.69, 9.17) is 23.2 Å². The van der Waals surface area contributed by atoms with Crippen LogP contribution in [0.25, 0.3) is 0 Å². The van der Waals surface area contributed by atoms with Crippen LogP contribution in [0.5, 0.6) is 0 Å².